The Hall–Kier alpha value is -1.54. The maximum absolute atomic E-state index is 12.6. The summed E-state index contributed by atoms with van der Waals surface area (Å²) < 4.78 is 0. The van der Waals surface area contributed by atoms with Gasteiger partial charge in [0.25, 0.3) is 0 Å². The molecule has 0 unspecified atom stereocenters. The molecule has 1 aliphatic carbocycles. The number of benzene rings is 1. The van der Waals surface area contributed by atoms with Gasteiger partial charge in [-0.25, -0.2) is 0 Å². The number of hydrogen-bond donors (Lipinski definition) is 0. The van der Waals surface area contributed by atoms with Gasteiger partial charge >= 0.3 is 0 Å². The van der Waals surface area contributed by atoms with Crippen molar-refractivity contribution in [2.75, 3.05) is 13.1 Å². The molecule has 2 rings (SSSR count). The minimum atomic E-state index is 0.0771. The largest absolute Gasteiger partial charge is 0.339 e. The molecule has 1 aliphatic rings. The summed E-state index contributed by atoms with van der Waals surface area (Å²) >= 11 is 6.55. The van der Waals surface area contributed by atoms with Crippen molar-refractivity contribution in [1.29, 1.82) is 0 Å². The fourth-order valence-electron chi connectivity index (χ4n) is 3.07. The van der Waals surface area contributed by atoms with Crippen molar-refractivity contribution in [3.63, 3.8) is 0 Å². The van der Waals surface area contributed by atoms with Crippen LogP contribution in [0.1, 0.15) is 45.2 Å². The summed E-state index contributed by atoms with van der Waals surface area (Å²) in [5.74, 6) is 1.00. The van der Waals surface area contributed by atoms with E-state index < -0.39 is 0 Å². The van der Waals surface area contributed by atoms with E-state index in [0.717, 1.165) is 42.1 Å². The lowest BCUT2D eigenvalue weighted by atomic mass is 9.92. The first-order valence-corrected chi connectivity index (χ1v) is 9.20. The lowest BCUT2D eigenvalue weighted by Gasteiger charge is -2.25. The predicted octanol–water partition coefficient (Wildman–Crippen LogP) is 5.28. The highest BCUT2D eigenvalue weighted by atomic mass is 35.5. The number of allylic oxidation sites excluding steroid dienone is 2. The second-order valence-electron chi connectivity index (χ2n) is 7.36. The maximum atomic E-state index is 12.6. The number of carbonyl (C=O) groups is 1. The fraction of sp³-hybridized carbons (Fsp3) is 0.476. The molecule has 0 radical (unpaired) electrons. The highest BCUT2D eigenvalue weighted by molar-refractivity contribution is 6.49. The second kappa shape index (κ2) is 8.53. The highest BCUT2D eigenvalue weighted by Crippen LogP contribution is 2.34. The summed E-state index contributed by atoms with van der Waals surface area (Å²) in [7, 11) is 0. The number of hydrogen-bond acceptors (Lipinski definition) is 1. The Morgan fingerprint density at radius 1 is 1.12 bits per heavy atom. The Morgan fingerprint density at radius 3 is 2.38 bits per heavy atom. The molecule has 0 spiro atoms. The van der Waals surface area contributed by atoms with Crippen LogP contribution in [-0.4, -0.2) is 23.9 Å². The first kappa shape index (κ1) is 18.8. The van der Waals surface area contributed by atoms with Crippen LogP contribution in [0.15, 0.2) is 42.0 Å². The Bertz CT molecular complexity index is 633. The third-order valence-corrected chi connectivity index (χ3v) is 4.56. The normalized spacial score (nSPS) is 14.6. The van der Waals surface area contributed by atoms with Gasteiger partial charge in [-0.15, -0.1) is 0 Å². The molecule has 1 aromatic carbocycles. The smallest absolute Gasteiger partial charge is 0.246 e. The van der Waals surface area contributed by atoms with E-state index in [0.29, 0.717) is 11.8 Å². The van der Waals surface area contributed by atoms with E-state index in [1.165, 1.54) is 5.56 Å². The molecule has 130 valence electrons. The van der Waals surface area contributed by atoms with E-state index >= 15 is 0 Å². The average Bonchev–Trinajstić information content (AvgIpc) is 2.52. The number of carbonyl (C=O) groups excluding carboxylic acids is 1. The SMILES string of the molecule is CC(C)CN(CC(C)C)C(=O)/C=C/C1=C(Cl)c2ccccc2CC1. The molecule has 0 bridgehead atoms. The van der Waals surface area contributed by atoms with Gasteiger partial charge in [-0.05, 0) is 41.4 Å². The monoisotopic (exact) mass is 345 g/mol. The number of nitrogens with zero attached hydrogens (tertiary/aromatic N) is 1. The summed E-state index contributed by atoms with van der Waals surface area (Å²) in [6, 6.07) is 8.22. The number of amides is 1. The Kier molecular flexibility index (Phi) is 6.68. The van der Waals surface area contributed by atoms with Gasteiger partial charge in [0.15, 0.2) is 0 Å². The van der Waals surface area contributed by atoms with Crippen molar-refractivity contribution in [2.45, 2.75) is 40.5 Å². The van der Waals surface area contributed by atoms with E-state index in [-0.39, 0.29) is 5.91 Å². The fourth-order valence-corrected chi connectivity index (χ4v) is 3.42. The number of rotatable bonds is 6. The van der Waals surface area contributed by atoms with E-state index in [9.17, 15) is 4.79 Å². The Labute approximate surface area is 151 Å². The first-order valence-electron chi connectivity index (χ1n) is 8.82. The van der Waals surface area contributed by atoms with Crippen molar-refractivity contribution < 1.29 is 4.79 Å². The Balaban J connectivity index is 2.15. The van der Waals surface area contributed by atoms with Gasteiger partial charge < -0.3 is 4.90 Å². The van der Waals surface area contributed by atoms with Crippen LogP contribution in [0.25, 0.3) is 5.03 Å². The molecular weight excluding hydrogens is 318 g/mol. The molecule has 2 nitrogen and oxygen atoms in total. The second-order valence-corrected chi connectivity index (χ2v) is 7.74. The molecule has 0 aromatic heterocycles. The molecule has 1 amide bonds. The van der Waals surface area contributed by atoms with Gasteiger partial charge in [0.05, 0.1) is 5.03 Å². The van der Waals surface area contributed by atoms with E-state index in [2.05, 4.69) is 39.8 Å². The van der Waals surface area contributed by atoms with Crippen LogP contribution in [0.3, 0.4) is 0 Å². The van der Waals surface area contributed by atoms with Crippen molar-refractivity contribution in [3.05, 3.63) is 53.1 Å². The first-order chi connectivity index (χ1) is 11.4. The van der Waals surface area contributed by atoms with Crippen LogP contribution in [0.4, 0.5) is 0 Å². The number of aryl methyl sites for hydroxylation is 1. The molecule has 0 fully saturated rings. The maximum Gasteiger partial charge on any atom is 0.246 e. The zero-order valence-corrected chi connectivity index (χ0v) is 15.9. The minimum Gasteiger partial charge on any atom is -0.339 e. The van der Waals surface area contributed by atoms with Crippen LogP contribution in [0.2, 0.25) is 0 Å². The van der Waals surface area contributed by atoms with Crippen molar-refractivity contribution in [2.24, 2.45) is 11.8 Å². The van der Waals surface area contributed by atoms with Crippen LogP contribution >= 0.6 is 11.6 Å². The van der Waals surface area contributed by atoms with Crippen molar-refractivity contribution >= 4 is 22.5 Å². The lowest BCUT2D eigenvalue weighted by molar-refractivity contribution is -0.127. The molecule has 0 saturated carbocycles. The number of fused-ring (bicyclic) bond motifs is 1. The average molecular weight is 346 g/mol. The van der Waals surface area contributed by atoms with Crippen LogP contribution in [0, 0.1) is 11.8 Å². The zero-order valence-electron chi connectivity index (χ0n) is 15.2. The topological polar surface area (TPSA) is 20.3 Å². The third-order valence-electron chi connectivity index (χ3n) is 4.11. The summed E-state index contributed by atoms with van der Waals surface area (Å²) in [5, 5.41) is 0.778. The van der Waals surface area contributed by atoms with Gasteiger partial charge in [-0.3, -0.25) is 4.79 Å². The van der Waals surface area contributed by atoms with Gasteiger partial charge in [0, 0.05) is 19.2 Å². The van der Waals surface area contributed by atoms with E-state index in [4.69, 9.17) is 11.6 Å². The molecule has 0 saturated heterocycles. The quantitative estimate of drug-likeness (QED) is 0.642. The highest BCUT2D eigenvalue weighted by Gasteiger charge is 2.17. The standard InChI is InChI=1S/C21H28ClNO/c1-15(2)13-23(14-16(3)4)20(24)12-11-18-10-9-17-7-5-6-8-19(17)21(18)22/h5-8,11-12,15-16H,9-10,13-14H2,1-4H3/b12-11+. The van der Waals surface area contributed by atoms with Crippen LogP contribution in [0.5, 0.6) is 0 Å². The van der Waals surface area contributed by atoms with Crippen molar-refractivity contribution in [1.82, 2.24) is 4.90 Å². The molecule has 0 heterocycles. The molecular formula is C21H28ClNO. The summed E-state index contributed by atoms with van der Waals surface area (Å²) in [4.78, 5) is 14.5. The minimum absolute atomic E-state index is 0.0771. The van der Waals surface area contributed by atoms with Gasteiger partial charge in [-0.2, -0.15) is 0 Å². The summed E-state index contributed by atoms with van der Waals surface area (Å²) in [5.41, 5.74) is 3.43. The molecule has 0 atom stereocenters. The van der Waals surface area contributed by atoms with E-state index in [1.807, 2.05) is 23.1 Å². The predicted molar refractivity (Wildman–Crippen MR) is 103 cm³/mol. The van der Waals surface area contributed by atoms with Gasteiger partial charge in [0.1, 0.15) is 0 Å². The summed E-state index contributed by atoms with van der Waals surface area (Å²) in [6.45, 7) is 10.1. The molecule has 0 N–H and O–H groups in total. The van der Waals surface area contributed by atoms with E-state index in [1.54, 1.807) is 6.08 Å². The molecule has 1 aromatic rings. The lowest BCUT2D eigenvalue weighted by Crippen LogP contribution is -2.35. The van der Waals surface area contributed by atoms with Crippen LogP contribution < -0.4 is 0 Å². The number of halogens is 1. The molecule has 0 aliphatic heterocycles. The third kappa shape index (κ3) is 4.98. The van der Waals surface area contributed by atoms with Crippen LogP contribution in [-0.2, 0) is 11.2 Å². The molecule has 3 heteroatoms. The Morgan fingerprint density at radius 2 is 1.75 bits per heavy atom. The van der Waals surface area contributed by atoms with Gasteiger partial charge in [0.2, 0.25) is 5.91 Å². The van der Waals surface area contributed by atoms with Gasteiger partial charge in [-0.1, -0.05) is 69.6 Å². The zero-order chi connectivity index (χ0) is 17.7. The summed E-state index contributed by atoms with van der Waals surface area (Å²) in [6.07, 6.45) is 5.46. The molecule has 24 heavy (non-hydrogen) atoms. The van der Waals surface area contributed by atoms with Crippen molar-refractivity contribution in [3.8, 4) is 0 Å².